The number of nitrogens with one attached hydrogen (secondary N) is 1. The molecule has 0 aliphatic heterocycles. The van der Waals surface area contributed by atoms with Crippen molar-refractivity contribution in [2.24, 2.45) is 0 Å². The van der Waals surface area contributed by atoms with Gasteiger partial charge in [-0.25, -0.2) is 0 Å². The molecule has 0 saturated carbocycles. The van der Waals surface area contributed by atoms with Crippen molar-refractivity contribution in [3.05, 3.63) is 64.4 Å². The first-order chi connectivity index (χ1) is 12.4. The molecule has 0 fully saturated rings. The SMILES string of the molecule is CCOc1ccc2oc(C(=O)NC(C)c3cc(C)ccc3C)c(C)c2c1. The fourth-order valence-corrected chi connectivity index (χ4v) is 3.24. The number of aryl methyl sites for hydroxylation is 3. The molecule has 0 aliphatic carbocycles. The second-order valence-electron chi connectivity index (χ2n) is 6.70. The van der Waals surface area contributed by atoms with E-state index in [1.165, 1.54) is 5.56 Å². The summed E-state index contributed by atoms with van der Waals surface area (Å²) in [7, 11) is 0. The Bertz CT molecular complexity index is 955. The molecular weight excluding hydrogens is 326 g/mol. The number of rotatable bonds is 5. The Morgan fingerprint density at radius 3 is 2.65 bits per heavy atom. The lowest BCUT2D eigenvalue weighted by atomic mass is 10.00. The minimum atomic E-state index is -0.204. The van der Waals surface area contributed by atoms with E-state index in [1.54, 1.807) is 0 Å². The molecule has 136 valence electrons. The third-order valence-electron chi connectivity index (χ3n) is 4.67. The Labute approximate surface area is 154 Å². The van der Waals surface area contributed by atoms with Gasteiger partial charge in [0.25, 0.3) is 5.91 Å². The molecule has 4 heteroatoms. The van der Waals surface area contributed by atoms with Gasteiger partial charge in [0, 0.05) is 10.9 Å². The summed E-state index contributed by atoms with van der Waals surface area (Å²) < 4.78 is 11.4. The van der Waals surface area contributed by atoms with E-state index in [2.05, 4.69) is 37.4 Å². The van der Waals surface area contributed by atoms with Crippen LogP contribution in [0, 0.1) is 20.8 Å². The van der Waals surface area contributed by atoms with Crippen molar-refractivity contribution in [2.45, 2.75) is 40.7 Å². The molecule has 0 saturated heterocycles. The van der Waals surface area contributed by atoms with Crippen LogP contribution in [0.2, 0.25) is 0 Å². The van der Waals surface area contributed by atoms with Crippen LogP contribution in [0.1, 0.15) is 52.7 Å². The molecule has 3 rings (SSSR count). The number of fused-ring (bicyclic) bond motifs is 1. The van der Waals surface area contributed by atoms with E-state index >= 15 is 0 Å². The number of hydrogen-bond acceptors (Lipinski definition) is 3. The number of carbonyl (C=O) groups is 1. The average Bonchev–Trinajstić information content (AvgIpc) is 2.94. The molecular formula is C22H25NO3. The standard InChI is InChI=1S/C22H25NO3/c1-6-25-17-9-10-20-19(12-17)15(4)21(26-20)22(24)23-16(5)18-11-13(2)7-8-14(18)3/h7-12,16H,6H2,1-5H3,(H,23,24). The van der Waals surface area contributed by atoms with Gasteiger partial charge >= 0.3 is 0 Å². The monoisotopic (exact) mass is 351 g/mol. The van der Waals surface area contributed by atoms with Gasteiger partial charge in [-0.05, 0) is 63.9 Å². The Morgan fingerprint density at radius 2 is 1.92 bits per heavy atom. The zero-order valence-electron chi connectivity index (χ0n) is 16.0. The van der Waals surface area contributed by atoms with Gasteiger partial charge in [-0.2, -0.15) is 0 Å². The van der Waals surface area contributed by atoms with Crippen molar-refractivity contribution < 1.29 is 13.9 Å². The highest BCUT2D eigenvalue weighted by molar-refractivity contribution is 5.99. The van der Waals surface area contributed by atoms with E-state index < -0.39 is 0 Å². The zero-order valence-corrected chi connectivity index (χ0v) is 16.0. The molecule has 0 aliphatic rings. The summed E-state index contributed by atoms with van der Waals surface area (Å²) in [4.78, 5) is 12.8. The first-order valence-corrected chi connectivity index (χ1v) is 8.94. The van der Waals surface area contributed by atoms with E-state index in [4.69, 9.17) is 9.15 Å². The van der Waals surface area contributed by atoms with E-state index in [1.807, 2.05) is 39.0 Å². The lowest BCUT2D eigenvalue weighted by Gasteiger charge is -2.17. The van der Waals surface area contributed by atoms with Crippen molar-refractivity contribution in [3.63, 3.8) is 0 Å². The van der Waals surface area contributed by atoms with Crippen LogP contribution >= 0.6 is 0 Å². The molecule has 26 heavy (non-hydrogen) atoms. The van der Waals surface area contributed by atoms with Gasteiger partial charge < -0.3 is 14.5 Å². The highest BCUT2D eigenvalue weighted by atomic mass is 16.5. The van der Waals surface area contributed by atoms with Crippen LogP contribution in [0.15, 0.2) is 40.8 Å². The van der Waals surface area contributed by atoms with Crippen LogP contribution in [-0.4, -0.2) is 12.5 Å². The highest BCUT2D eigenvalue weighted by Crippen LogP contribution is 2.29. The Hall–Kier alpha value is -2.75. The summed E-state index contributed by atoms with van der Waals surface area (Å²) in [6.07, 6.45) is 0. The van der Waals surface area contributed by atoms with Crippen LogP contribution in [0.5, 0.6) is 5.75 Å². The maximum Gasteiger partial charge on any atom is 0.287 e. The minimum Gasteiger partial charge on any atom is -0.494 e. The first-order valence-electron chi connectivity index (χ1n) is 8.94. The fourth-order valence-electron chi connectivity index (χ4n) is 3.24. The van der Waals surface area contributed by atoms with Gasteiger partial charge in [0.1, 0.15) is 11.3 Å². The summed E-state index contributed by atoms with van der Waals surface area (Å²) in [5.41, 5.74) is 4.97. The summed E-state index contributed by atoms with van der Waals surface area (Å²) in [6, 6.07) is 11.8. The van der Waals surface area contributed by atoms with E-state index in [9.17, 15) is 4.79 Å². The number of ether oxygens (including phenoxy) is 1. The molecule has 0 bridgehead atoms. The lowest BCUT2D eigenvalue weighted by Crippen LogP contribution is -2.27. The molecule has 2 aromatic carbocycles. The number of amides is 1. The van der Waals surface area contributed by atoms with Crippen molar-refractivity contribution in [1.29, 1.82) is 0 Å². The second-order valence-corrected chi connectivity index (χ2v) is 6.70. The maximum atomic E-state index is 12.8. The van der Waals surface area contributed by atoms with Crippen LogP contribution in [0.25, 0.3) is 11.0 Å². The smallest absolute Gasteiger partial charge is 0.287 e. The minimum absolute atomic E-state index is 0.103. The highest BCUT2D eigenvalue weighted by Gasteiger charge is 2.20. The number of benzene rings is 2. The van der Waals surface area contributed by atoms with Gasteiger partial charge in [-0.1, -0.05) is 23.8 Å². The van der Waals surface area contributed by atoms with Crippen molar-refractivity contribution in [3.8, 4) is 5.75 Å². The lowest BCUT2D eigenvalue weighted by molar-refractivity contribution is 0.0913. The van der Waals surface area contributed by atoms with Crippen LogP contribution in [-0.2, 0) is 0 Å². The molecule has 1 unspecified atom stereocenters. The molecule has 1 heterocycles. The third kappa shape index (κ3) is 3.45. The van der Waals surface area contributed by atoms with Gasteiger partial charge in [0.05, 0.1) is 12.6 Å². The van der Waals surface area contributed by atoms with Crippen molar-refractivity contribution in [2.75, 3.05) is 6.61 Å². The second kappa shape index (κ2) is 7.24. The number of carbonyl (C=O) groups excluding carboxylic acids is 1. The van der Waals surface area contributed by atoms with Crippen molar-refractivity contribution in [1.82, 2.24) is 5.32 Å². The van der Waals surface area contributed by atoms with Gasteiger partial charge in [0.15, 0.2) is 5.76 Å². The predicted octanol–water partition coefficient (Wildman–Crippen LogP) is 5.25. The van der Waals surface area contributed by atoms with Gasteiger partial charge in [-0.15, -0.1) is 0 Å². The molecule has 1 amide bonds. The molecule has 0 spiro atoms. The zero-order chi connectivity index (χ0) is 18.8. The van der Waals surface area contributed by atoms with Crippen molar-refractivity contribution >= 4 is 16.9 Å². The topological polar surface area (TPSA) is 51.5 Å². The number of hydrogen-bond donors (Lipinski definition) is 1. The quantitative estimate of drug-likeness (QED) is 0.683. The molecule has 0 radical (unpaired) electrons. The summed E-state index contributed by atoms with van der Waals surface area (Å²) >= 11 is 0. The van der Waals surface area contributed by atoms with Gasteiger partial charge in [0.2, 0.25) is 0 Å². The molecule has 1 atom stereocenters. The van der Waals surface area contributed by atoms with Gasteiger partial charge in [-0.3, -0.25) is 4.79 Å². The predicted molar refractivity (Wildman–Crippen MR) is 104 cm³/mol. The first kappa shape index (κ1) is 18.1. The number of furan rings is 1. The fraction of sp³-hybridized carbons (Fsp3) is 0.318. The molecule has 4 nitrogen and oxygen atoms in total. The summed E-state index contributed by atoms with van der Waals surface area (Å²) in [6.45, 7) is 10.5. The normalized spacial score (nSPS) is 12.2. The molecule has 1 N–H and O–H groups in total. The Kier molecular flexibility index (Phi) is 5.03. The third-order valence-corrected chi connectivity index (χ3v) is 4.67. The van der Waals surface area contributed by atoms with Crippen LogP contribution in [0.3, 0.4) is 0 Å². The summed E-state index contributed by atoms with van der Waals surface area (Å²) in [5, 5.41) is 3.96. The molecule has 1 aromatic heterocycles. The maximum absolute atomic E-state index is 12.8. The average molecular weight is 351 g/mol. The van der Waals surface area contributed by atoms with E-state index in [0.717, 1.165) is 27.8 Å². The summed E-state index contributed by atoms with van der Waals surface area (Å²) in [5.74, 6) is 0.926. The Balaban J connectivity index is 1.87. The van der Waals surface area contributed by atoms with E-state index in [-0.39, 0.29) is 11.9 Å². The van der Waals surface area contributed by atoms with Crippen LogP contribution < -0.4 is 10.1 Å². The van der Waals surface area contributed by atoms with E-state index in [0.29, 0.717) is 18.0 Å². The largest absolute Gasteiger partial charge is 0.494 e. The molecule has 3 aromatic rings. The Morgan fingerprint density at radius 1 is 1.15 bits per heavy atom. The van der Waals surface area contributed by atoms with Crippen LogP contribution in [0.4, 0.5) is 0 Å².